The zero-order valence-electron chi connectivity index (χ0n) is 24.1. The van der Waals surface area contributed by atoms with Gasteiger partial charge in [-0.2, -0.15) is 0 Å². The van der Waals surface area contributed by atoms with Crippen LogP contribution in [0.5, 0.6) is 0 Å². The fourth-order valence-electron chi connectivity index (χ4n) is 3.43. The molecule has 0 saturated heterocycles. The molecule has 0 rings (SSSR count). The average molecular weight is 681 g/mol. The van der Waals surface area contributed by atoms with Crippen molar-refractivity contribution in [2.24, 2.45) is 0 Å². The van der Waals surface area contributed by atoms with Gasteiger partial charge in [-0.3, -0.25) is 20.0 Å². The topological polar surface area (TPSA) is 225 Å². The molecular weight excluding hydrogens is 629 g/mol. The lowest BCUT2D eigenvalue weighted by Crippen LogP contribution is -2.90. The number of nitrogens with one attached hydrogen (secondary N) is 5. The molecule has 0 amide bonds. The van der Waals surface area contributed by atoms with E-state index in [-0.39, 0.29) is 75.4 Å². The Morgan fingerprint density at radius 2 is 0.952 bits per heavy atom. The van der Waals surface area contributed by atoms with Crippen LogP contribution in [0, 0.1) is 0 Å². The van der Waals surface area contributed by atoms with Gasteiger partial charge in [-0.15, -0.1) is 0 Å². The average Bonchev–Trinajstić information content (AvgIpc) is 2.97. The predicted octanol–water partition coefficient (Wildman–Crippen LogP) is -5.29. The van der Waals surface area contributed by atoms with Crippen LogP contribution in [0.3, 0.4) is 0 Å². The maximum atomic E-state index is 14.0. The Balaban J connectivity index is 5.13. The zero-order valence-corrected chi connectivity index (χ0v) is 27.5. The standard InChI is InChI=1S/C22H50N9O7PS3/c32-8-1-2-29(3-9-33)14-23-20(40)26-17-39(38,18-27-21(41)24-15-30(4-10-34)5-11-35)19-28-22(42)25-16-31(6-12-36)7-13-37/h32-37H,1-19H2,(H2,23,26,40)(H2,24,27,41)(H2,25,28,42)/p+1. The summed E-state index contributed by atoms with van der Waals surface area (Å²) in [5.74, 6) is 0. The molecule has 0 aromatic carbocycles. The SMILES string of the molecule is O=P(CNC(=S)NCN(CCO)CCO)(CNC(=S)NCN(CCO)CCCO)C[NH2+]C(=S)NCN(CCO)CCO. The van der Waals surface area contributed by atoms with Gasteiger partial charge in [0.05, 0.1) is 65.6 Å². The van der Waals surface area contributed by atoms with Crippen LogP contribution in [0.1, 0.15) is 6.42 Å². The molecule has 13 N–H and O–H groups in total. The summed E-state index contributed by atoms with van der Waals surface area (Å²) in [5.41, 5.74) is 0. The molecule has 0 aromatic rings. The highest BCUT2D eigenvalue weighted by molar-refractivity contribution is 7.80. The first kappa shape index (κ1) is 41.1. The number of aliphatic hydroxyl groups excluding tert-OH is 6. The highest BCUT2D eigenvalue weighted by Crippen LogP contribution is 2.40. The van der Waals surface area contributed by atoms with Gasteiger partial charge in [-0.25, -0.2) is 0 Å². The van der Waals surface area contributed by atoms with Gasteiger partial charge in [0.1, 0.15) is 6.29 Å². The first-order chi connectivity index (χ1) is 20.2. The molecule has 0 fully saturated rings. The van der Waals surface area contributed by atoms with Crippen molar-refractivity contribution in [3.8, 4) is 0 Å². The Bertz CT molecular complexity index is 744. The summed E-state index contributed by atoms with van der Waals surface area (Å²) in [6.07, 6.45) is 0.739. The van der Waals surface area contributed by atoms with E-state index in [4.69, 9.17) is 41.8 Å². The number of thiocarbonyl (C=S) groups is 3. The first-order valence-corrected chi connectivity index (χ1v) is 17.2. The fourth-order valence-corrected chi connectivity index (χ4v) is 5.97. The van der Waals surface area contributed by atoms with Gasteiger partial charge in [0.25, 0.3) is 5.11 Å². The third-order valence-electron chi connectivity index (χ3n) is 5.78. The molecule has 1 atom stereocenters. The molecule has 0 radical (unpaired) electrons. The van der Waals surface area contributed by atoms with Crippen molar-refractivity contribution in [1.29, 1.82) is 0 Å². The Hall–Kier alpha value is -0.900. The van der Waals surface area contributed by atoms with Crippen LogP contribution < -0.4 is 31.9 Å². The van der Waals surface area contributed by atoms with Gasteiger partial charge in [0, 0.05) is 58.1 Å². The number of hydrogen-bond donors (Lipinski definition) is 12. The molecule has 0 aliphatic carbocycles. The van der Waals surface area contributed by atoms with E-state index < -0.39 is 7.14 Å². The minimum atomic E-state index is -3.04. The van der Waals surface area contributed by atoms with Gasteiger partial charge >= 0.3 is 0 Å². The molecule has 0 heterocycles. The van der Waals surface area contributed by atoms with Gasteiger partial charge < -0.3 is 61.8 Å². The maximum absolute atomic E-state index is 14.0. The van der Waals surface area contributed by atoms with Gasteiger partial charge in [-0.1, -0.05) is 0 Å². The summed E-state index contributed by atoms with van der Waals surface area (Å²) in [7, 11) is -3.04. The largest absolute Gasteiger partial charge is 0.396 e. The third kappa shape index (κ3) is 21.7. The van der Waals surface area contributed by atoms with Crippen LogP contribution >= 0.6 is 43.8 Å². The van der Waals surface area contributed by atoms with E-state index in [0.29, 0.717) is 64.1 Å². The van der Waals surface area contributed by atoms with Gasteiger partial charge in [0.15, 0.2) is 17.4 Å². The van der Waals surface area contributed by atoms with Crippen LogP contribution in [-0.2, 0) is 4.57 Å². The van der Waals surface area contributed by atoms with Crippen molar-refractivity contribution in [2.75, 3.05) is 118 Å². The van der Waals surface area contributed by atoms with Crippen molar-refractivity contribution in [1.82, 2.24) is 41.3 Å². The van der Waals surface area contributed by atoms with Crippen molar-refractivity contribution < 1.29 is 40.5 Å². The smallest absolute Gasteiger partial charge is 0.267 e. The van der Waals surface area contributed by atoms with Crippen molar-refractivity contribution in [3.05, 3.63) is 0 Å². The second-order valence-corrected chi connectivity index (χ2v) is 13.6. The molecule has 0 bridgehead atoms. The summed E-state index contributed by atoms with van der Waals surface area (Å²) in [6.45, 7) is 3.04. The second-order valence-electron chi connectivity index (χ2n) is 9.19. The van der Waals surface area contributed by atoms with Crippen LogP contribution in [-0.4, -0.2) is 178 Å². The molecule has 1 unspecified atom stereocenters. The molecule has 0 aliphatic heterocycles. The molecule has 0 spiro atoms. The van der Waals surface area contributed by atoms with Crippen molar-refractivity contribution in [3.63, 3.8) is 0 Å². The van der Waals surface area contributed by atoms with Crippen LogP contribution in [0.25, 0.3) is 0 Å². The van der Waals surface area contributed by atoms with Crippen LogP contribution in [0.15, 0.2) is 0 Å². The lowest BCUT2D eigenvalue weighted by molar-refractivity contribution is -0.519. The lowest BCUT2D eigenvalue weighted by Gasteiger charge is -2.25. The van der Waals surface area contributed by atoms with Crippen LogP contribution in [0.4, 0.5) is 0 Å². The highest BCUT2D eigenvalue weighted by Gasteiger charge is 2.26. The van der Waals surface area contributed by atoms with Crippen molar-refractivity contribution in [2.45, 2.75) is 6.42 Å². The van der Waals surface area contributed by atoms with E-state index in [1.54, 1.807) is 15.1 Å². The highest BCUT2D eigenvalue weighted by atomic mass is 32.1. The van der Waals surface area contributed by atoms with E-state index in [2.05, 4.69) is 26.6 Å². The molecule has 0 aromatic heterocycles. The third-order valence-corrected chi connectivity index (χ3v) is 8.99. The predicted molar refractivity (Wildman–Crippen MR) is 174 cm³/mol. The normalized spacial score (nSPS) is 12.8. The van der Waals surface area contributed by atoms with Crippen LogP contribution in [0.2, 0.25) is 0 Å². The Morgan fingerprint density at radius 3 is 1.33 bits per heavy atom. The van der Waals surface area contributed by atoms with E-state index >= 15 is 0 Å². The summed E-state index contributed by atoms with van der Waals surface area (Å²) in [6, 6.07) is 0. The molecule has 20 heteroatoms. The number of quaternary nitrogens is 1. The first-order valence-electron chi connectivity index (χ1n) is 13.7. The van der Waals surface area contributed by atoms with E-state index in [1.807, 2.05) is 4.90 Å². The Labute approximate surface area is 264 Å². The fraction of sp³-hybridized carbons (Fsp3) is 0.864. The minimum absolute atomic E-state index is 0.0296. The molecule has 16 nitrogen and oxygen atoms in total. The quantitative estimate of drug-likeness (QED) is 0.0246. The van der Waals surface area contributed by atoms with E-state index in [9.17, 15) is 30.1 Å². The van der Waals surface area contributed by atoms with Gasteiger partial charge in [-0.05, 0) is 30.9 Å². The molecular formula is C22H51N9O7PS3+. The van der Waals surface area contributed by atoms with E-state index in [0.717, 1.165) is 0 Å². The maximum Gasteiger partial charge on any atom is 0.267 e. The Morgan fingerprint density at radius 1 is 0.571 bits per heavy atom. The summed E-state index contributed by atoms with van der Waals surface area (Å²) < 4.78 is 14.0. The molecule has 42 heavy (non-hydrogen) atoms. The number of nitrogens with zero attached hydrogens (tertiary/aromatic N) is 3. The van der Waals surface area contributed by atoms with E-state index in [1.165, 1.54) is 0 Å². The molecule has 0 aliphatic rings. The minimum Gasteiger partial charge on any atom is -0.396 e. The summed E-state index contributed by atoms with van der Waals surface area (Å²) in [5, 5.41) is 72.6. The van der Waals surface area contributed by atoms with Gasteiger partial charge in [0.2, 0.25) is 0 Å². The zero-order chi connectivity index (χ0) is 31.6. The monoisotopic (exact) mass is 680 g/mol. The number of rotatable bonds is 25. The van der Waals surface area contributed by atoms with Crippen molar-refractivity contribution >= 4 is 59.1 Å². The Kier molecular flexibility index (Phi) is 25.9. The summed E-state index contributed by atoms with van der Waals surface area (Å²) >= 11 is 16.1. The summed E-state index contributed by atoms with van der Waals surface area (Å²) in [4.78, 5) is 5.45. The second kappa shape index (κ2) is 26.5. The number of hydrogen-bond acceptors (Lipinski definition) is 13. The number of aliphatic hydroxyl groups is 6. The lowest BCUT2D eigenvalue weighted by atomic mass is 10.4. The molecule has 0 saturated carbocycles. The number of nitrogens with two attached hydrogens (primary N) is 1. The molecule has 248 valence electrons.